The van der Waals surface area contributed by atoms with Crippen LogP contribution in [0.25, 0.3) is 0 Å². The van der Waals surface area contributed by atoms with Gasteiger partial charge in [-0.2, -0.15) is 0 Å². The molecule has 0 spiro atoms. The van der Waals surface area contributed by atoms with E-state index in [9.17, 15) is 9.59 Å². The Morgan fingerprint density at radius 2 is 1.75 bits per heavy atom. The van der Waals surface area contributed by atoms with E-state index in [1.54, 1.807) is 30.3 Å². The minimum absolute atomic E-state index is 0.0168. The molecule has 0 radical (unpaired) electrons. The lowest BCUT2D eigenvalue weighted by Gasteiger charge is -2.20. The third kappa shape index (κ3) is 3.24. The van der Waals surface area contributed by atoms with Crippen LogP contribution in [0.1, 0.15) is 12.0 Å². The second-order valence-electron chi connectivity index (χ2n) is 3.50. The monoisotopic (exact) mass is 242 g/mol. The number of benzene rings is 1. The van der Waals surface area contributed by atoms with Crippen molar-refractivity contribution in [2.75, 3.05) is 0 Å². The molecule has 0 aliphatic carbocycles. The number of halogens is 1. The molecule has 0 fully saturated rings. The molecule has 0 aliphatic heterocycles. The number of alkyl halides is 1. The molecule has 0 saturated heterocycles. The van der Waals surface area contributed by atoms with Crippen molar-refractivity contribution in [1.82, 2.24) is 0 Å². The average Bonchev–Trinajstić information content (AvgIpc) is 2.17. The molecular weight excluding hydrogens is 232 g/mol. The molecule has 0 aromatic heterocycles. The minimum atomic E-state index is -1.78. The molecule has 0 heterocycles. The molecule has 4 nitrogen and oxygen atoms in total. The van der Waals surface area contributed by atoms with Crippen molar-refractivity contribution < 1.29 is 19.8 Å². The van der Waals surface area contributed by atoms with Gasteiger partial charge in [0.1, 0.15) is 0 Å². The molecule has 86 valence electrons. The summed E-state index contributed by atoms with van der Waals surface area (Å²) in [4.78, 5) is 19.7. The highest BCUT2D eigenvalue weighted by atomic mass is 35.5. The van der Waals surface area contributed by atoms with Crippen molar-refractivity contribution in [3.05, 3.63) is 35.9 Å². The molecule has 0 aliphatic rings. The molecule has 1 unspecified atom stereocenters. The summed E-state index contributed by atoms with van der Waals surface area (Å²) in [6.45, 7) is 0. The van der Waals surface area contributed by atoms with E-state index >= 15 is 0 Å². The second-order valence-corrected chi connectivity index (χ2v) is 4.23. The SMILES string of the molecule is O=C(O)CC(Cl)(Cc1ccccc1)C(=O)O. The van der Waals surface area contributed by atoms with E-state index in [0.29, 0.717) is 5.56 Å². The van der Waals surface area contributed by atoms with Gasteiger partial charge in [-0.05, 0) is 5.56 Å². The predicted octanol–water partition coefficient (Wildman–Crippen LogP) is 1.77. The van der Waals surface area contributed by atoms with Crippen molar-refractivity contribution in [2.24, 2.45) is 0 Å². The quantitative estimate of drug-likeness (QED) is 0.772. The second kappa shape index (κ2) is 4.99. The molecule has 5 heteroatoms. The smallest absolute Gasteiger partial charge is 0.325 e. The summed E-state index contributed by atoms with van der Waals surface area (Å²) in [6, 6.07) is 8.70. The molecule has 1 rings (SSSR count). The van der Waals surface area contributed by atoms with Crippen LogP contribution in [0.2, 0.25) is 0 Å². The van der Waals surface area contributed by atoms with Crippen LogP contribution in [0.15, 0.2) is 30.3 Å². The van der Waals surface area contributed by atoms with Gasteiger partial charge in [-0.25, -0.2) is 0 Å². The van der Waals surface area contributed by atoms with Crippen molar-refractivity contribution >= 4 is 23.5 Å². The molecule has 1 aromatic rings. The highest BCUT2D eigenvalue weighted by molar-refractivity contribution is 6.34. The van der Waals surface area contributed by atoms with Gasteiger partial charge in [-0.1, -0.05) is 30.3 Å². The van der Waals surface area contributed by atoms with Crippen LogP contribution in [-0.4, -0.2) is 27.0 Å². The average molecular weight is 243 g/mol. The van der Waals surface area contributed by atoms with Gasteiger partial charge >= 0.3 is 11.9 Å². The van der Waals surface area contributed by atoms with Crippen molar-refractivity contribution in [2.45, 2.75) is 17.7 Å². The minimum Gasteiger partial charge on any atom is -0.481 e. The van der Waals surface area contributed by atoms with E-state index in [-0.39, 0.29) is 6.42 Å². The summed E-state index contributed by atoms with van der Waals surface area (Å²) >= 11 is 5.82. The lowest BCUT2D eigenvalue weighted by Crippen LogP contribution is -2.37. The van der Waals surface area contributed by atoms with E-state index in [1.807, 2.05) is 0 Å². The summed E-state index contributed by atoms with van der Waals surface area (Å²) < 4.78 is 0. The zero-order chi connectivity index (χ0) is 12.2. The third-order valence-electron chi connectivity index (χ3n) is 2.14. The highest BCUT2D eigenvalue weighted by Crippen LogP contribution is 2.25. The first-order chi connectivity index (χ1) is 7.44. The molecule has 0 saturated carbocycles. The molecule has 16 heavy (non-hydrogen) atoms. The first kappa shape index (κ1) is 12.5. The molecular formula is C11H11ClO4. The van der Waals surface area contributed by atoms with E-state index in [1.165, 1.54) is 0 Å². The fourth-order valence-corrected chi connectivity index (χ4v) is 1.64. The van der Waals surface area contributed by atoms with E-state index in [2.05, 4.69) is 0 Å². The maximum Gasteiger partial charge on any atom is 0.325 e. The van der Waals surface area contributed by atoms with E-state index in [0.717, 1.165) is 0 Å². The Balaban J connectivity index is 2.87. The Morgan fingerprint density at radius 3 is 2.19 bits per heavy atom. The van der Waals surface area contributed by atoms with Gasteiger partial charge in [0.05, 0.1) is 6.42 Å². The van der Waals surface area contributed by atoms with Crippen molar-refractivity contribution in [3.8, 4) is 0 Å². The summed E-state index contributed by atoms with van der Waals surface area (Å²) in [5.74, 6) is -2.55. The van der Waals surface area contributed by atoms with Gasteiger partial charge in [0, 0.05) is 6.42 Å². The number of rotatable bonds is 5. The lowest BCUT2D eigenvalue weighted by molar-refractivity contribution is -0.146. The first-order valence-electron chi connectivity index (χ1n) is 4.62. The van der Waals surface area contributed by atoms with Crippen molar-refractivity contribution in [3.63, 3.8) is 0 Å². The van der Waals surface area contributed by atoms with Crippen LogP contribution in [0.4, 0.5) is 0 Å². The number of aliphatic carboxylic acids is 2. The first-order valence-corrected chi connectivity index (χ1v) is 5.00. The third-order valence-corrected chi connectivity index (χ3v) is 2.57. The van der Waals surface area contributed by atoms with Crippen molar-refractivity contribution in [1.29, 1.82) is 0 Å². The van der Waals surface area contributed by atoms with Gasteiger partial charge in [0.2, 0.25) is 0 Å². The lowest BCUT2D eigenvalue weighted by atomic mass is 9.95. The number of hydrogen-bond acceptors (Lipinski definition) is 2. The van der Waals surface area contributed by atoms with Crippen LogP contribution >= 0.6 is 11.6 Å². The summed E-state index contributed by atoms with van der Waals surface area (Å²) in [5, 5.41) is 17.6. The maximum atomic E-state index is 11.0. The Hall–Kier alpha value is -1.55. The van der Waals surface area contributed by atoms with Crippen LogP contribution in [-0.2, 0) is 16.0 Å². The predicted molar refractivity (Wildman–Crippen MR) is 58.6 cm³/mol. The van der Waals surface area contributed by atoms with Crippen LogP contribution in [0, 0.1) is 0 Å². The van der Waals surface area contributed by atoms with Gasteiger partial charge < -0.3 is 10.2 Å². The molecule has 1 aromatic carbocycles. The fourth-order valence-electron chi connectivity index (χ4n) is 1.37. The largest absolute Gasteiger partial charge is 0.481 e. The van der Waals surface area contributed by atoms with Gasteiger partial charge in [-0.3, -0.25) is 9.59 Å². The van der Waals surface area contributed by atoms with Gasteiger partial charge in [0.25, 0.3) is 0 Å². The topological polar surface area (TPSA) is 74.6 Å². The number of carboxylic acids is 2. The number of hydrogen-bond donors (Lipinski definition) is 2. The number of carbonyl (C=O) groups is 2. The maximum absolute atomic E-state index is 11.0. The Morgan fingerprint density at radius 1 is 1.19 bits per heavy atom. The molecule has 0 amide bonds. The summed E-state index contributed by atoms with van der Waals surface area (Å²) in [5.41, 5.74) is 0.696. The van der Waals surface area contributed by atoms with E-state index < -0.39 is 23.2 Å². The molecule has 2 N–H and O–H groups in total. The van der Waals surface area contributed by atoms with Crippen LogP contribution < -0.4 is 0 Å². The van der Waals surface area contributed by atoms with Gasteiger partial charge in [-0.15, -0.1) is 11.6 Å². The summed E-state index contributed by atoms with van der Waals surface area (Å²) in [7, 11) is 0. The van der Waals surface area contributed by atoms with Crippen LogP contribution in [0.5, 0.6) is 0 Å². The fraction of sp³-hybridized carbons (Fsp3) is 0.273. The molecule has 1 atom stereocenters. The normalized spacial score (nSPS) is 14.1. The molecule has 0 bridgehead atoms. The Bertz CT molecular complexity index is 390. The Labute approximate surface area is 97.5 Å². The summed E-state index contributed by atoms with van der Waals surface area (Å²) in [6.07, 6.45) is -0.629. The zero-order valence-corrected chi connectivity index (χ0v) is 9.15. The zero-order valence-electron chi connectivity index (χ0n) is 8.39. The Kier molecular flexibility index (Phi) is 3.90. The van der Waals surface area contributed by atoms with Crippen LogP contribution in [0.3, 0.4) is 0 Å². The standard InChI is InChI=1S/C11H11ClO4/c12-11(10(15)16,7-9(13)14)6-8-4-2-1-3-5-8/h1-5H,6-7H2,(H,13,14)(H,15,16). The number of carboxylic acid groups (broad SMARTS) is 2. The van der Waals surface area contributed by atoms with Gasteiger partial charge in [0.15, 0.2) is 4.87 Å². The van der Waals surface area contributed by atoms with E-state index in [4.69, 9.17) is 21.8 Å². The highest BCUT2D eigenvalue weighted by Gasteiger charge is 2.38.